The fourth-order valence-electron chi connectivity index (χ4n) is 3.21. The van der Waals surface area contributed by atoms with E-state index in [4.69, 9.17) is 0 Å². The Bertz CT molecular complexity index is 732. The van der Waals surface area contributed by atoms with E-state index in [9.17, 15) is 9.90 Å². The molecular formula is C16H23N5O3. The summed E-state index contributed by atoms with van der Waals surface area (Å²) in [5, 5.41) is 18.6. The van der Waals surface area contributed by atoms with Crippen LogP contribution in [0.5, 0.6) is 0 Å². The average molecular weight is 333 g/mol. The topological polar surface area (TPSA) is 102 Å². The molecule has 1 aliphatic rings. The van der Waals surface area contributed by atoms with E-state index < -0.39 is 0 Å². The summed E-state index contributed by atoms with van der Waals surface area (Å²) in [6.07, 6.45) is 6.81. The van der Waals surface area contributed by atoms with Crippen molar-refractivity contribution in [1.29, 1.82) is 0 Å². The van der Waals surface area contributed by atoms with Crippen molar-refractivity contribution in [2.24, 2.45) is 5.41 Å². The van der Waals surface area contributed by atoms with Crippen molar-refractivity contribution >= 4 is 22.8 Å². The van der Waals surface area contributed by atoms with Gasteiger partial charge < -0.3 is 15.2 Å². The lowest BCUT2D eigenvalue weighted by Crippen LogP contribution is -2.41. The Morgan fingerprint density at radius 3 is 3.08 bits per heavy atom. The molecule has 2 atom stereocenters. The maximum absolute atomic E-state index is 11.4. The lowest BCUT2D eigenvalue weighted by atomic mass is 9.73. The Balaban J connectivity index is 1.79. The Labute approximate surface area is 140 Å². The number of aromatic nitrogens is 4. The zero-order valence-corrected chi connectivity index (χ0v) is 14.0. The molecule has 2 aromatic rings. The predicted molar refractivity (Wildman–Crippen MR) is 88.4 cm³/mol. The smallest absolute Gasteiger partial charge is 0.327 e. The first-order valence-corrected chi connectivity index (χ1v) is 8.19. The minimum absolute atomic E-state index is 0.00683. The van der Waals surface area contributed by atoms with E-state index in [2.05, 4.69) is 32.0 Å². The summed E-state index contributed by atoms with van der Waals surface area (Å²) in [7, 11) is 1.34. The highest BCUT2D eigenvalue weighted by atomic mass is 16.5. The summed E-state index contributed by atoms with van der Waals surface area (Å²) in [5.74, 6) is 0.279. The second-order valence-electron chi connectivity index (χ2n) is 6.61. The van der Waals surface area contributed by atoms with Crippen LogP contribution in [0.1, 0.15) is 32.6 Å². The maximum Gasteiger partial charge on any atom is 0.327 e. The Morgan fingerprint density at radius 1 is 1.50 bits per heavy atom. The van der Waals surface area contributed by atoms with Gasteiger partial charge in [-0.25, -0.2) is 14.6 Å². The number of hydrogen-bond donors (Lipinski definition) is 2. The van der Waals surface area contributed by atoms with Gasteiger partial charge in [0.2, 0.25) is 0 Å². The van der Waals surface area contributed by atoms with Gasteiger partial charge in [-0.1, -0.05) is 19.8 Å². The number of anilines is 1. The first kappa shape index (κ1) is 16.6. The van der Waals surface area contributed by atoms with E-state index in [0.29, 0.717) is 18.0 Å². The van der Waals surface area contributed by atoms with Gasteiger partial charge in [0.15, 0.2) is 5.65 Å². The number of nitrogens with one attached hydrogen (secondary N) is 1. The third-order valence-electron chi connectivity index (χ3n) is 4.88. The van der Waals surface area contributed by atoms with Gasteiger partial charge in [-0.2, -0.15) is 5.10 Å². The Morgan fingerprint density at radius 2 is 2.33 bits per heavy atom. The van der Waals surface area contributed by atoms with Crippen LogP contribution in [-0.4, -0.2) is 50.6 Å². The van der Waals surface area contributed by atoms with Gasteiger partial charge in [-0.15, -0.1) is 0 Å². The number of rotatable bonds is 5. The van der Waals surface area contributed by atoms with Gasteiger partial charge in [0.25, 0.3) is 0 Å². The van der Waals surface area contributed by atoms with Crippen molar-refractivity contribution in [3.63, 3.8) is 0 Å². The number of fused-ring (bicyclic) bond motifs is 1. The number of ether oxygens (including phenoxy) is 1. The van der Waals surface area contributed by atoms with E-state index in [1.165, 1.54) is 18.1 Å². The third kappa shape index (κ3) is 3.19. The van der Waals surface area contributed by atoms with Crippen molar-refractivity contribution in [1.82, 2.24) is 19.7 Å². The molecule has 8 heteroatoms. The van der Waals surface area contributed by atoms with Crippen LogP contribution in [-0.2, 0) is 16.1 Å². The summed E-state index contributed by atoms with van der Waals surface area (Å²) in [4.78, 5) is 19.9. The molecule has 0 spiro atoms. The molecule has 2 aromatic heterocycles. The molecule has 3 rings (SSSR count). The number of nitrogens with zero attached hydrogens (tertiary/aromatic N) is 4. The zero-order valence-electron chi connectivity index (χ0n) is 14.0. The first-order chi connectivity index (χ1) is 11.5. The van der Waals surface area contributed by atoms with Crippen molar-refractivity contribution in [3.8, 4) is 0 Å². The van der Waals surface area contributed by atoms with E-state index >= 15 is 0 Å². The molecular weight excluding hydrogens is 310 g/mol. The zero-order chi connectivity index (χ0) is 17.2. The molecule has 0 aromatic carbocycles. The molecule has 130 valence electrons. The number of esters is 1. The Kier molecular flexibility index (Phi) is 4.66. The second kappa shape index (κ2) is 6.72. The number of aliphatic hydroxyl groups is 1. The number of hydrogen-bond acceptors (Lipinski definition) is 7. The lowest BCUT2D eigenvalue weighted by Gasteiger charge is -2.38. The van der Waals surface area contributed by atoms with Gasteiger partial charge in [-0.3, -0.25) is 4.79 Å². The van der Waals surface area contributed by atoms with Gasteiger partial charge in [0.1, 0.15) is 18.7 Å². The van der Waals surface area contributed by atoms with Crippen LogP contribution in [0.25, 0.3) is 11.0 Å². The molecule has 2 heterocycles. The average Bonchev–Trinajstić information content (AvgIpc) is 2.99. The molecule has 0 saturated heterocycles. The number of carbonyl (C=O) groups excluding carboxylic acids is 1. The normalized spacial score (nSPS) is 24.0. The number of aliphatic hydroxyl groups excluding tert-OH is 1. The van der Waals surface area contributed by atoms with Crippen molar-refractivity contribution < 1.29 is 14.6 Å². The first-order valence-electron chi connectivity index (χ1n) is 8.19. The predicted octanol–water partition coefficient (Wildman–Crippen LogP) is 1.35. The van der Waals surface area contributed by atoms with Crippen LogP contribution in [0.15, 0.2) is 12.5 Å². The van der Waals surface area contributed by atoms with E-state index in [0.717, 1.165) is 31.1 Å². The van der Waals surface area contributed by atoms with Crippen LogP contribution < -0.4 is 5.32 Å². The highest BCUT2D eigenvalue weighted by Gasteiger charge is 2.35. The van der Waals surface area contributed by atoms with Gasteiger partial charge in [0, 0.05) is 12.0 Å². The molecule has 8 nitrogen and oxygen atoms in total. The largest absolute Gasteiger partial charge is 0.468 e. The highest BCUT2D eigenvalue weighted by molar-refractivity contribution is 5.86. The lowest BCUT2D eigenvalue weighted by molar-refractivity contribution is -0.141. The molecule has 2 unspecified atom stereocenters. The summed E-state index contributed by atoms with van der Waals surface area (Å²) in [6, 6.07) is 0. The van der Waals surface area contributed by atoms with Crippen molar-refractivity contribution in [3.05, 3.63) is 12.5 Å². The van der Waals surface area contributed by atoms with Gasteiger partial charge in [0.05, 0.1) is 24.8 Å². The third-order valence-corrected chi connectivity index (χ3v) is 4.88. The van der Waals surface area contributed by atoms with E-state index in [1.807, 2.05) is 0 Å². The monoisotopic (exact) mass is 333 g/mol. The van der Waals surface area contributed by atoms with Crippen molar-refractivity contribution in [2.75, 3.05) is 19.0 Å². The van der Waals surface area contributed by atoms with E-state index in [-0.39, 0.29) is 24.0 Å². The second-order valence-corrected chi connectivity index (χ2v) is 6.61. The molecule has 1 fully saturated rings. The fourth-order valence-corrected chi connectivity index (χ4v) is 3.21. The van der Waals surface area contributed by atoms with Crippen LogP contribution in [0, 0.1) is 5.41 Å². The maximum atomic E-state index is 11.4. The van der Waals surface area contributed by atoms with Crippen LogP contribution >= 0.6 is 0 Å². The van der Waals surface area contributed by atoms with Crippen molar-refractivity contribution in [2.45, 2.75) is 45.3 Å². The van der Waals surface area contributed by atoms with Crippen LogP contribution in [0.3, 0.4) is 0 Å². The summed E-state index contributed by atoms with van der Waals surface area (Å²) >= 11 is 0. The fraction of sp³-hybridized carbons (Fsp3) is 0.625. The van der Waals surface area contributed by atoms with E-state index in [1.54, 1.807) is 6.20 Å². The molecule has 1 saturated carbocycles. The molecule has 0 bridgehead atoms. The number of carbonyl (C=O) groups is 1. The molecule has 0 aliphatic heterocycles. The molecule has 1 aliphatic carbocycles. The quantitative estimate of drug-likeness (QED) is 0.796. The summed E-state index contributed by atoms with van der Waals surface area (Å²) < 4.78 is 6.16. The van der Waals surface area contributed by atoms with Gasteiger partial charge >= 0.3 is 5.97 Å². The summed E-state index contributed by atoms with van der Waals surface area (Å²) in [5.41, 5.74) is 0.407. The minimum Gasteiger partial charge on any atom is -0.468 e. The number of methoxy groups -OCH3 is 1. The minimum atomic E-state index is -0.383. The molecule has 24 heavy (non-hydrogen) atoms. The van der Waals surface area contributed by atoms with Crippen LogP contribution in [0.2, 0.25) is 0 Å². The summed E-state index contributed by atoms with van der Waals surface area (Å²) in [6.45, 7) is 2.73. The van der Waals surface area contributed by atoms with Gasteiger partial charge in [-0.05, 0) is 12.8 Å². The highest BCUT2D eigenvalue weighted by Crippen LogP contribution is 2.36. The molecule has 2 N–H and O–H groups in total. The molecule has 0 radical (unpaired) electrons. The Hall–Kier alpha value is -2.22. The molecule has 0 amide bonds. The van der Waals surface area contributed by atoms with Crippen LogP contribution in [0.4, 0.5) is 5.82 Å². The SMILES string of the molecule is COC(=O)Cn1ncc2c(NCC3(C)CCCCC3O)ncnc21. The standard InChI is InChI=1S/C16H23N5O3/c1-16(6-4-3-5-12(16)22)9-17-14-11-7-20-21(8-13(23)24-2)15(11)19-10-18-14/h7,10,12,22H,3-6,8-9H2,1-2H3,(H,17,18,19).